The first-order valence-electron chi connectivity index (χ1n) is 12.0. The zero-order chi connectivity index (χ0) is 27.7. The Balaban J connectivity index is 1.67. The number of carbonyl (C=O) groups excluding carboxylic acids is 1. The van der Waals surface area contributed by atoms with E-state index in [-0.39, 0.29) is 16.7 Å². The maximum atomic E-state index is 13.8. The van der Waals surface area contributed by atoms with Gasteiger partial charge < -0.3 is 19.5 Å². The average molecular weight is 559 g/mol. The predicted octanol–water partition coefficient (Wildman–Crippen LogP) is 5.28. The quantitative estimate of drug-likeness (QED) is 0.404. The Morgan fingerprint density at radius 2 is 1.74 bits per heavy atom. The molecule has 0 saturated heterocycles. The van der Waals surface area contributed by atoms with Gasteiger partial charge in [-0.1, -0.05) is 23.7 Å². The summed E-state index contributed by atoms with van der Waals surface area (Å²) in [4.78, 5) is 13.4. The molecule has 3 aromatic rings. The first kappa shape index (κ1) is 27.6. The zero-order valence-corrected chi connectivity index (χ0v) is 23.5. The molecule has 0 saturated carbocycles. The smallest absolute Gasteiger partial charge is 0.264 e. The van der Waals surface area contributed by atoms with Crippen molar-refractivity contribution in [2.24, 2.45) is 0 Å². The van der Waals surface area contributed by atoms with Gasteiger partial charge in [-0.3, -0.25) is 9.10 Å². The Labute approximate surface area is 228 Å². The molecule has 4 rings (SSSR count). The lowest BCUT2D eigenvalue weighted by Crippen LogP contribution is -2.45. The molecule has 0 bridgehead atoms. The van der Waals surface area contributed by atoms with Crippen molar-refractivity contribution < 1.29 is 27.4 Å². The Morgan fingerprint density at radius 3 is 2.39 bits per heavy atom. The van der Waals surface area contributed by atoms with Crippen LogP contribution < -0.4 is 23.8 Å². The number of sulfonamides is 1. The topological polar surface area (TPSA) is 94.2 Å². The number of rotatable bonds is 8. The summed E-state index contributed by atoms with van der Waals surface area (Å²) in [6, 6.07) is 16.0. The molecule has 202 valence electrons. The summed E-state index contributed by atoms with van der Waals surface area (Å²) in [5.41, 5.74) is 1.67. The van der Waals surface area contributed by atoms with Gasteiger partial charge in [-0.2, -0.15) is 0 Å². The van der Waals surface area contributed by atoms with E-state index < -0.39 is 28.1 Å². The number of amides is 1. The third-order valence-electron chi connectivity index (χ3n) is 6.31. The van der Waals surface area contributed by atoms with E-state index in [0.29, 0.717) is 28.6 Å². The lowest BCUT2D eigenvalue weighted by atomic mass is 9.89. The van der Waals surface area contributed by atoms with Gasteiger partial charge in [0.2, 0.25) is 5.91 Å². The SMILES string of the molecule is COc1ccc(S(=O)(=O)N(CC(=O)NC2CC(C)(C)Oc3cc(C)ccc32)c2ccc(Cl)cc2)cc1OC. The van der Waals surface area contributed by atoms with Gasteiger partial charge in [-0.15, -0.1) is 0 Å². The molecule has 0 aliphatic carbocycles. The zero-order valence-electron chi connectivity index (χ0n) is 21.9. The second-order valence-electron chi connectivity index (χ2n) is 9.73. The highest BCUT2D eigenvalue weighted by Crippen LogP contribution is 2.40. The number of halogens is 1. The minimum Gasteiger partial charge on any atom is -0.493 e. The molecule has 0 spiro atoms. The summed E-state index contributed by atoms with van der Waals surface area (Å²) < 4.78 is 45.4. The number of fused-ring (bicyclic) bond motifs is 1. The van der Waals surface area contributed by atoms with Crippen LogP contribution in [0.25, 0.3) is 0 Å². The number of anilines is 1. The van der Waals surface area contributed by atoms with Crippen molar-refractivity contribution in [2.75, 3.05) is 25.1 Å². The molecule has 0 radical (unpaired) electrons. The number of methoxy groups -OCH3 is 2. The summed E-state index contributed by atoms with van der Waals surface area (Å²) in [7, 11) is -1.29. The summed E-state index contributed by atoms with van der Waals surface area (Å²) in [5, 5.41) is 3.47. The molecule has 1 aliphatic rings. The van der Waals surface area contributed by atoms with E-state index in [1.807, 2.05) is 39.0 Å². The third-order valence-corrected chi connectivity index (χ3v) is 8.33. The van der Waals surface area contributed by atoms with Gasteiger partial charge in [0, 0.05) is 23.1 Å². The molecule has 1 heterocycles. The van der Waals surface area contributed by atoms with Crippen LogP contribution in [0.1, 0.15) is 37.4 Å². The van der Waals surface area contributed by atoms with Crippen molar-refractivity contribution in [3.63, 3.8) is 0 Å². The first-order chi connectivity index (χ1) is 17.9. The molecular formula is C28H31ClN2O6S. The summed E-state index contributed by atoms with van der Waals surface area (Å²) in [6.45, 7) is 5.44. The number of hydrogen-bond donors (Lipinski definition) is 1. The number of ether oxygens (including phenoxy) is 3. The standard InChI is InChI=1S/C28H31ClN2O6S/c1-18-6-12-22-23(16-28(2,3)37-25(22)14-18)30-27(32)17-31(20-9-7-19(29)8-10-20)38(33,34)21-11-13-24(35-4)26(15-21)36-5/h6-15,23H,16-17H2,1-5H3,(H,30,32). The fourth-order valence-corrected chi connectivity index (χ4v) is 6.05. The lowest BCUT2D eigenvalue weighted by molar-refractivity contribution is -0.120. The normalized spacial score (nSPS) is 16.1. The maximum absolute atomic E-state index is 13.8. The number of hydrogen-bond acceptors (Lipinski definition) is 6. The highest BCUT2D eigenvalue weighted by Gasteiger charge is 2.36. The van der Waals surface area contributed by atoms with Crippen LogP contribution in [-0.2, 0) is 14.8 Å². The van der Waals surface area contributed by atoms with Crippen LogP contribution in [0.3, 0.4) is 0 Å². The second kappa shape index (κ2) is 10.7. The molecule has 1 unspecified atom stereocenters. The van der Waals surface area contributed by atoms with Crippen LogP contribution in [0, 0.1) is 6.92 Å². The van der Waals surface area contributed by atoms with Gasteiger partial charge in [0.25, 0.3) is 10.0 Å². The van der Waals surface area contributed by atoms with Crippen LogP contribution >= 0.6 is 11.6 Å². The number of benzene rings is 3. The number of nitrogens with one attached hydrogen (secondary N) is 1. The van der Waals surface area contributed by atoms with Crippen molar-refractivity contribution >= 4 is 33.2 Å². The Kier molecular flexibility index (Phi) is 7.80. The Bertz CT molecular complexity index is 1440. The highest BCUT2D eigenvalue weighted by atomic mass is 35.5. The van der Waals surface area contributed by atoms with Crippen molar-refractivity contribution in [3.8, 4) is 17.2 Å². The molecule has 1 N–H and O–H groups in total. The van der Waals surface area contributed by atoms with Gasteiger partial charge >= 0.3 is 0 Å². The fourth-order valence-electron chi connectivity index (χ4n) is 4.48. The highest BCUT2D eigenvalue weighted by molar-refractivity contribution is 7.92. The van der Waals surface area contributed by atoms with E-state index in [2.05, 4.69) is 5.32 Å². The molecule has 1 aliphatic heterocycles. The van der Waals surface area contributed by atoms with Gasteiger partial charge in [-0.05, 0) is 68.8 Å². The van der Waals surface area contributed by atoms with E-state index >= 15 is 0 Å². The van der Waals surface area contributed by atoms with Crippen molar-refractivity contribution in [1.29, 1.82) is 0 Å². The summed E-state index contributed by atoms with van der Waals surface area (Å²) >= 11 is 6.05. The molecule has 0 fully saturated rings. The second-order valence-corrected chi connectivity index (χ2v) is 12.0. The summed E-state index contributed by atoms with van der Waals surface area (Å²) in [6.07, 6.45) is 0.526. The van der Waals surface area contributed by atoms with Crippen LogP contribution in [0.2, 0.25) is 5.02 Å². The molecule has 10 heteroatoms. The van der Waals surface area contributed by atoms with Crippen molar-refractivity contribution in [2.45, 2.75) is 43.7 Å². The van der Waals surface area contributed by atoms with Crippen LogP contribution in [0.5, 0.6) is 17.2 Å². The minimum absolute atomic E-state index is 0.0501. The van der Waals surface area contributed by atoms with Gasteiger partial charge in [0.1, 0.15) is 17.9 Å². The fraction of sp³-hybridized carbons (Fsp3) is 0.321. The number of carbonyl (C=O) groups is 1. The van der Waals surface area contributed by atoms with Gasteiger partial charge in [0.05, 0.1) is 30.8 Å². The molecular weight excluding hydrogens is 528 g/mol. The molecule has 8 nitrogen and oxygen atoms in total. The van der Waals surface area contributed by atoms with E-state index in [0.717, 1.165) is 15.4 Å². The molecule has 1 atom stereocenters. The van der Waals surface area contributed by atoms with Crippen LogP contribution in [-0.4, -0.2) is 40.7 Å². The predicted molar refractivity (Wildman–Crippen MR) is 147 cm³/mol. The average Bonchev–Trinajstić information content (AvgIpc) is 2.86. The van der Waals surface area contributed by atoms with E-state index in [1.165, 1.54) is 32.4 Å². The molecule has 38 heavy (non-hydrogen) atoms. The largest absolute Gasteiger partial charge is 0.493 e. The number of nitrogens with zero attached hydrogens (tertiary/aromatic N) is 1. The molecule has 3 aromatic carbocycles. The maximum Gasteiger partial charge on any atom is 0.264 e. The van der Waals surface area contributed by atoms with E-state index in [9.17, 15) is 13.2 Å². The van der Waals surface area contributed by atoms with Crippen LogP contribution in [0.15, 0.2) is 65.6 Å². The van der Waals surface area contributed by atoms with Gasteiger partial charge in [0.15, 0.2) is 11.5 Å². The lowest BCUT2D eigenvalue weighted by Gasteiger charge is -2.38. The van der Waals surface area contributed by atoms with Crippen molar-refractivity contribution in [1.82, 2.24) is 5.32 Å². The Hall–Kier alpha value is -3.43. The molecule has 0 aromatic heterocycles. The van der Waals surface area contributed by atoms with Gasteiger partial charge in [-0.25, -0.2) is 8.42 Å². The number of aryl methyl sites for hydroxylation is 1. The van der Waals surface area contributed by atoms with E-state index in [1.54, 1.807) is 24.3 Å². The van der Waals surface area contributed by atoms with Crippen molar-refractivity contribution in [3.05, 3.63) is 76.8 Å². The minimum atomic E-state index is -4.18. The first-order valence-corrected chi connectivity index (χ1v) is 13.8. The molecule has 1 amide bonds. The van der Waals surface area contributed by atoms with Crippen LogP contribution in [0.4, 0.5) is 5.69 Å². The Morgan fingerprint density at radius 1 is 1.05 bits per heavy atom. The third kappa shape index (κ3) is 5.84. The summed E-state index contributed by atoms with van der Waals surface area (Å²) in [5.74, 6) is 0.890. The van der Waals surface area contributed by atoms with E-state index in [4.69, 9.17) is 25.8 Å². The monoisotopic (exact) mass is 558 g/mol.